The van der Waals surface area contributed by atoms with Crippen LogP contribution in [-0.4, -0.2) is 12.5 Å². The van der Waals surface area contributed by atoms with Crippen molar-refractivity contribution in [2.24, 2.45) is 0 Å². The van der Waals surface area contributed by atoms with Gasteiger partial charge in [0.05, 0.1) is 0 Å². The second-order valence-electron chi connectivity index (χ2n) is 5.91. The van der Waals surface area contributed by atoms with Crippen LogP contribution in [0.2, 0.25) is 0 Å². The molecule has 0 bridgehead atoms. The summed E-state index contributed by atoms with van der Waals surface area (Å²) in [4.78, 5) is 14.5. The molecule has 1 N–H and O–H groups in total. The molecule has 0 unspecified atom stereocenters. The minimum atomic E-state index is 0.0280. The highest BCUT2D eigenvalue weighted by Gasteiger charge is 2.10. The molecule has 3 aromatic carbocycles. The molecule has 0 saturated heterocycles. The molecule has 0 heterocycles. The van der Waals surface area contributed by atoms with E-state index < -0.39 is 0 Å². The zero-order valence-electron chi connectivity index (χ0n) is 14.1. The first-order valence-corrected chi connectivity index (χ1v) is 8.50. The number of hydrogen-bond acceptors (Lipinski definition) is 2. The average Bonchev–Trinajstić information content (AvgIpc) is 2.67. The van der Waals surface area contributed by atoms with E-state index in [1.165, 1.54) is 5.56 Å². The highest BCUT2D eigenvalue weighted by atomic mass is 16.1. The Kier molecular flexibility index (Phi) is 5.83. The molecule has 0 spiro atoms. The zero-order valence-corrected chi connectivity index (χ0v) is 14.1. The molecule has 3 aromatic rings. The topological polar surface area (TPSA) is 32.3 Å². The summed E-state index contributed by atoms with van der Waals surface area (Å²) in [7, 11) is 0. The summed E-state index contributed by atoms with van der Waals surface area (Å²) in [5.74, 6) is 0.0280. The van der Waals surface area contributed by atoms with Gasteiger partial charge in [0.25, 0.3) is 0 Å². The number of carbonyl (C=O) groups is 1. The van der Waals surface area contributed by atoms with Crippen molar-refractivity contribution < 1.29 is 4.79 Å². The minimum absolute atomic E-state index is 0.0280. The third kappa shape index (κ3) is 5.21. The van der Waals surface area contributed by atoms with E-state index in [1.54, 1.807) is 0 Å². The Morgan fingerprint density at radius 3 is 1.96 bits per heavy atom. The molecular formula is C22H22N2O. The van der Waals surface area contributed by atoms with Gasteiger partial charge in [-0.1, -0.05) is 66.7 Å². The van der Waals surface area contributed by atoms with Gasteiger partial charge in [0.2, 0.25) is 5.91 Å². The van der Waals surface area contributed by atoms with Crippen LogP contribution in [0.15, 0.2) is 91.0 Å². The van der Waals surface area contributed by atoms with E-state index in [0.717, 1.165) is 17.9 Å². The quantitative estimate of drug-likeness (QED) is 0.680. The first-order chi connectivity index (χ1) is 12.3. The Morgan fingerprint density at radius 2 is 1.32 bits per heavy atom. The first kappa shape index (κ1) is 16.8. The van der Waals surface area contributed by atoms with Gasteiger partial charge in [0.1, 0.15) is 0 Å². The van der Waals surface area contributed by atoms with Crippen molar-refractivity contribution >= 4 is 17.3 Å². The lowest BCUT2D eigenvalue weighted by Gasteiger charge is -2.25. The lowest BCUT2D eigenvalue weighted by atomic mass is 10.2. The van der Waals surface area contributed by atoms with Crippen LogP contribution in [0, 0.1) is 0 Å². The minimum Gasteiger partial charge on any atom is -0.367 e. The van der Waals surface area contributed by atoms with E-state index >= 15 is 0 Å². The predicted molar refractivity (Wildman–Crippen MR) is 104 cm³/mol. The summed E-state index contributed by atoms with van der Waals surface area (Å²) < 4.78 is 0. The molecule has 1 amide bonds. The van der Waals surface area contributed by atoms with Gasteiger partial charge in [-0.2, -0.15) is 0 Å². The molecule has 0 aliphatic carbocycles. The normalized spacial score (nSPS) is 10.2. The van der Waals surface area contributed by atoms with Crippen molar-refractivity contribution in [3.63, 3.8) is 0 Å². The van der Waals surface area contributed by atoms with E-state index in [2.05, 4.69) is 34.5 Å². The molecule has 0 radical (unpaired) electrons. The van der Waals surface area contributed by atoms with Crippen LogP contribution in [0.25, 0.3) is 0 Å². The van der Waals surface area contributed by atoms with Crippen LogP contribution in [0.4, 0.5) is 11.4 Å². The van der Waals surface area contributed by atoms with E-state index in [-0.39, 0.29) is 5.91 Å². The van der Waals surface area contributed by atoms with Crippen molar-refractivity contribution in [1.82, 2.24) is 0 Å². The molecule has 0 fully saturated rings. The molecule has 25 heavy (non-hydrogen) atoms. The molecule has 0 saturated carbocycles. The largest absolute Gasteiger partial charge is 0.367 e. The van der Waals surface area contributed by atoms with Gasteiger partial charge in [-0.25, -0.2) is 0 Å². The SMILES string of the molecule is O=C(CCN(Cc1ccccc1)c1ccccc1)Nc1ccccc1. The van der Waals surface area contributed by atoms with Crippen LogP contribution in [0.1, 0.15) is 12.0 Å². The van der Waals surface area contributed by atoms with Crippen LogP contribution in [-0.2, 0) is 11.3 Å². The number of carbonyl (C=O) groups excluding carboxylic acids is 1. The van der Waals surface area contributed by atoms with E-state index in [9.17, 15) is 4.79 Å². The van der Waals surface area contributed by atoms with Gasteiger partial charge < -0.3 is 10.2 Å². The summed E-state index contributed by atoms with van der Waals surface area (Å²) in [6.45, 7) is 1.45. The Bertz CT molecular complexity index is 773. The number of nitrogens with one attached hydrogen (secondary N) is 1. The molecule has 0 aromatic heterocycles. The molecule has 0 aliphatic rings. The second kappa shape index (κ2) is 8.69. The third-order valence-electron chi connectivity index (χ3n) is 4.00. The van der Waals surface area contributed by atoms with Gasteiger partial charge in [0, 0.05) is 30.9 Å². The lowest BCUT2D eigenvalue weighted by molar-refractivity contribution is -0.116. The fraction of sp³-hybridized carbons (Fsp3) is 0.136. The molecular weight excluding hydrogens is 308 g/mol. The Balaban J connectivity index is 1.64. The molecule has 3 rings (SSSR count). The smallest absolute Gasteiger partial charge is 0.226 e. The average molecular weight is 330 g/mol. The summed E-state index contributed by atoms with van der Waals surface area (Å²) >= 11 is 0. The molecule has 0 aliphatic heterocycles. The van der Waals surface area contributed by atoms with E-state index in [0.29, 0.717) is 13.0 Å². The Hall–Kier alpha value is -3.07. The fourth-order valence-corrected chi connectivity index (χ4v) is 2.72. The van der Waals surface area contributed by atoms with Gasteiger partial charge in [-0.15, -0.1) is 0 Å². The van der Waals surface area contributed by atoms with Crippen molar-refractivity contribution in [2.45, 2.75) is 13.0 Å². The molecule has 3 nitrogen and oxygen atoms in total. The molecule has 126 valence electrons. The summed E-state index contributed by atoms with van der Waals surface area (Å²) in [5.41, 5.74) is 3.19. The molecule has 3 heteroatoms. The number of hydrogen-bond donors (Lipinski definition) is 1. The van der Waals surface area contributed by atoms with Crippen molar-refractivity contribution in [1.29, 1.82) is 0 Å². The Labute approximate surface area is 148 Å². The highest BCUT2D eigenvalue weighted by molar-refractivity contribution is 5.90. The standard InChI is InChI=1S/C22H22N2O/c25-22(23-20-12-6-2-7-13-20)16-17-24(21-14-8-3-9-15-21)18-19-10-4-1-5-11-19/h1-15H,16-18H2,(H,23,25). The lowest BCUT2D eigenvalue weighted by Crippen LogP contribution is -2.27. The predicted octanol–water partition coefficient (Wildman–Crippen LogP) is 4.72. The van der Waals surface area contributed by atoms with Crippen LogP contribution in [0.3, 0.4) is 0 Å². The maximum absolute atomic E-state index is 12.3. The van der Waals surface area contributed by atoms with Crippen molar-refractivity contribution in [3.05, 3.63) is 96.6 Å². The number of amides is 1. The van der Waals surface area contributed by atoms with Crippen LogP contribution < -0.4 is 10.2 Å². The second-order valence-corrected chi connectivity index (χ2v) is 5.91. The van der Waals surface area contributed by atoms with E-state index in [1.807, 2.05) is 66.7 Å². The van der Waals surface area contributed by atoms with Crippen molar-refractivity contribution in [3.8, 4) is 0 Å². The molecule has 0 atom stereocenters. The number of benzene rings is 3. The number of rotatable bonds is 7. The van der Waals surface area contributed by atoms with Crippen molar-refractivity contribution in [2.75, 3.05) is 16.8 Å². The van der Waals surface area contributed by atoms with Gasteiger partial charge in [0.15, 0.2) is 0 Å². The maximum Gasteiger partial charge on any atom is 0.226 e. The summed E-state index contributed by atoms with van der Waals surface area (Å²) in [5, 5.41) is 2.95. The van der Waals surface area contributed by atoms with Crippen LogP contribution in [0.5, 0.6) is 0 Å². The monoisotopic (exact) mass is 330 g/mol. The van der Waals surface area contributed by atoms with Gasteiger partial charge in [-0.3, -0.25) is 4.79 Å². The third-order valence-corrected chi connectivity index (χ3v) is 4.00. The van der Waals surface area contributed by atoms with Gasteiger partial charge in [-0.05, 0) is 29.8 Å². The Morgan fingerprint density at radius 1 is 0.760 bits per heavy atom. The highest BCUT2D eigenvalue weighted by Crippen LogP contribution is 2.17. The number of nitrogens with zero attached hydrogens (tertiary/aromatic N) is 1. The van der Waals surface area contributed by atoms with E-state index in [4.69, 9.17) is 0 Å². The number of para-hydroxylation sites is 2. The first-order valence-electron chi connectivity index (χ1n) is 8.50. The summed E-state index contributed by atoms with van der Waals surface area (Å²) in [6, 6.07) is 30.1. The number of anilines is 2. The fourth-order valence-electron chi connectivity index (χ4n) is 2.72. The van der Waals surface area contributed by atoms with Crippen LogP contribution >= 0.6 is 0 Å². The summed E-state index contributed by atoms with van der Waals surface area (Å²) in [6.07, 6.45) is 0.441. The maximum atomic E-state index is 12.3. The van der Waals surface area contributed by atoms with Gasteiger partial charge >= 0.3 is 0 Å². The zero-order chi connectivity index (χ0) is 17.3.